The molecular weight excluding hydrogens is 580 g/mol. The van der Waals surface area contributed by atoms with E-state index in [4.69, 9.17) is 23.6 Å². The number of likely N-dealkylation sites (N-methyl/N-ethyl adjacent to an activating group) is 1. The number of rotatable bonds is 8. The van der Waals surface area contributed by atoms with Gasteiger partial charge in [-0.1, -0.05) is 47.7 Å². The Balaban J connectivity index is 1.54. The molecule has 0 aliphatic carbocycles. The van der Waals surface area contributed by atoms with E-state index in [0.717, 1.165) is 37.6 Å². The zero-order valence-electron chi connectivity index (χ0n) is 25.1. The number of anilines is 1. The summed E-state index contributed by atoms with van der Waals surface area (Å²) in [7, 11) is 5.21. The lowest BCUT2D eigenvalue weighted by Crippen LogP contribution is -2.44. The van der Waals surface area contributed by atoms with Crippen molar-refractivity contribution in [2.75, 3.05) is 59.0 Å². The summed E-state index contributed by atoms with van der Waals surface area (Å²) in [5, 5.41) is 0. The number of piperazine rings is 1. The van der Waals surface area contributed by atoms with Gasteiger partial charge in [0, 0.05) is 43.9 Å². The van der Waals surface area contributed by atoms with Crippen molar-refractivity contribution < 1.29 is 23.4 Å². The van der Waals surface area contributed by atoms with Crippen LogP contribution in [0.15, 0.2) is 80.4 Å². The van der Waals surface area contributed by atoms with Crippen molar-refractivity contribution in [2.45, 2.75) is 13.0 Å². The second kappa shape index (κ2) is 12.6. The Morgan fingerprint density at radius 3 is 2.48 bits per heavy atom. The Kier molecular flexibility index (Phi) is 8.40. The van der Waals surface area contributed by atoms with Crippen molar-refractivity contribution in [2.24, 2.45) is 4.99 Å². The lowest BCUT2D eigenvalue weighted by atomic mass is 9.93. The highest BCUT2D eigenvalue weighted by Gasteiger charge is 2.35. The maximum atomic E-state index is 14.2. The molecule has 2 aliphatic heterocycles. The molecule has 1 saturated heterocycles. The van der Waals surface area contributed by atoms with Crippen LogP contribution < -0.4 is 29.3 Å². The van der Waals surface area contributed by atoms with E-state index in [1.807, 2.05) is 48.5 Å². The fourth-order valence-electron chi connectivity index (χ4n) is 5.52. The summed E-state index contributed by atoms with van der Waals surface area (Å²) in [4.78, 5) is 37.7. The van der Waals surface area contributed by atoms with Gasteiger partial charge in [0.2, 0.25) is 0 Å². The van der Waals surface area contributed by atoms with Gasteiger partial charge in [0.25, 0.3) is 5.56 Å². The van der Waals surface area contributed by atoms with E-state index in [-0.39, 0.29) is 17.7 Å². The number of hydrogen-bond donors (Lipinski definition) is 0. The summed E-state index contributed by atoms with van der Waals surface area (Å²) in [5.41, 5.74) is 1.81. The molecule has 4 aromatic rings. The molecule has 0 amide bonds. The molecular formula is C33H34N4O6S. The van der Waals surface area contributed by atoms with E-state index < -0.39 is 12.0 Å². The Morgan fingerprint density at radius 2 is 1.77 bits per heavy atom. The third-order valence-corrected chi connectivity index (χ3v) is 8.78. The fourth-order valence-corrected chi connectivity index (χ4v) is 6.51. The molecule has 0 radical (unpaired) electrons. The summed E-state index contributed by atoms with van der Waals surface area (Å²) in [6.45, 7) is 5.57. The van der Waals surface area contributed by atoms with Gasteiger partial charge in [0.15, 0.2) is 22.2 Å². The van der Waals surface area contributed by atoms with Gasteiger partial charge in [0.1, 0.15) is 5.76 Å². The number of esters is 1. The molecule has 0 spiro atoms. The van der Waals surface area contributed by atoms with E-state index in [2.05, 4.69) is 16.8 Å². The van der Waals surface area contributed by atoms with Gasteiger partial charge < -0.3 is 28.4 Å². The van der Waals surface area contributed by atoms with Crippen LogP contribution in [-0.2, 0) is 9.53 Å². The fraction of sp³-hybridized carbons (Fsp3) is 0.303. The third kappa shape index (κ3) is 5.56. The Morgan fingerprint density at radius 1 is 1.02 bits per heavy atom. The minimum Gasteiger partial charge on any atom is -0.493 e. The summed E-state index contributed by atoms with van der Waals surface area (Å²) in [5.74, 6) is 1.80. The average molecular weight is 615 g/mol. The topological polar surface area (TPSA) is 98.7 Å². The highest BCUT2D eigenvalue weighted by Crippen LogP contribution is 2.38. The highest BCUT2D eigenvalue weighted by molar-refractivity contribution is 7.07. The first kappa shape index (κ1) is 29.5. The molecule has 0 N–H and O–H groups in total. The van der Waals surface area contributed by atoms with Crippen LogP contribution in [0, 0.1) is 0 Å². The summed E-state index contributed by atoms with van der Waals surface area (Å²) >= 11 is 1.25. The average Bonchev–Trinajstić information content (AvgIpc) is 3.64. The first-order chi connectivity index (χ1) is 21.4. The molecule has 1 atom stereocenters. The molecule has 2 aromatic heterocycles. The molecule has 44 heavy (non-hydrogen) atoms. The number of carbonyl (C=O) groups excluding carboxylic acids is 1. The van der Waals surface area contributed by atoms with E-state index in [1.54, 1.807) is 43.9 Å². The standard InChI is InChI=1S/C33H34N4O6S/c1-5-42-32(39)28-29(21-9-7-6-8-10-21)34-33-37(30(28)22-11-13-24(40-3)25(19-22)41-4)31(38)26(44-33)20-23-12-14-27(43-23)36-17-15-35(2)16-18-36/h6-14,19-20,30H,5,15-18H2,1-4H3/t30-/m1/s1. The third-order valence-electron chi connectivity index (χ3n) is 7.80. The van der Waals surface area contributed by atoms with Gasteiger partial charge >= 0.3 is 5.97 Å². The molecule has 2 aliphatic rings. The molecule has 4 heterocycles. The second-order valence-electron chi connectivity index (χ2n) is 10.5. The molecule has 0 bridgehead atoms. The van der Waals surface area contributed by atoms with Crippen LogP contribution in [-0.4, -0.2) is 69.5 Å². The first-order valence-electron chi connectivity index (χ1n) is 14.5. The molecule has 6 rings (SSSR count). The lowest BCUT2D eigenvalue weighted by molar-refractivity contribution is -0.138. The van der Waals surface area contributed by atoms with Gasteiger partial charge in [-0.2, -0.15) is 0 Å². The number of nitrogens with zero attached hydrogens (tertiary/aromatic N) is 4. The predicted octanol–water partition coefficient (Wildman–Crippen LogP) is 3.30. The number of thiazole rings is 1. The quantitative estimate of drug-likeness (QED) is 0.279. The minimum atomic E-state index is -0.833. The summed E-state index contributed by atoms with van der Waals surface area (Å²) in [6.07, 6.45) is 1.74. The largest absolute Gasteiger partial charge is 0.493 e. The van der Waals surface area contributed by atoms with Gasteiger partial charge in [-0.15, -0.1) is 0 Å². The molecule has 10 nitrogen and oxygen atoms in total. The van der Waals surface area contributed by atoms with Crippen molar-refractivity contribution in [3.63, 3.8) is 0 Å². The van der Waals surface area contributed by atoms with Crippen LogP contribution in [0.4, 0.5) is 5.88 Å². The maximum Gasteiger partial charge on any atom is 0.338 e. The Labute approximate surface area is 258 Å². The van der Waals surface area contributed by atoms with Crippen LogP contribution >= 0.6 is 11.3 Å². The monoisotopic (exact) mass is 614 g/mol. The highest BCUT2D eigenvalue weighted by atomic mass is 32.1. The first-order valence-corrected chi connectivity index (χ1v) is 15.3. The lowest BCUT2D eigenvalue weighted by Gasteiger charge is -2.32. The molecule has 0 saturated carbocycles. The van der Waals surface area contributed by atoms with Crippen LogP contribution in [0.25, 0.3) is 11.8 Å². The number of furan rings is 1. The number of methoxy groups -OCH3 is 2. The van der Waals surface area contributed by atoms with Gasteiger partial charge in [-0.05, 0) is 37.7 Å². The number of benzene rings is 2. The zero-order chi connectivity index (χ0) is 30.8. The molecule has 11 heteroatoms. The SMILES string of the molecule is CCOC(=O)C1=C(c2ccccc2)N=c2sc(=Cc3ccc(N4CCN(C)CC4)o3)c(=O)n2[C@@H]1c1ccc(OC)c(OC)c1. The van der Waals surface area contributed by atoms with Crippen LogP contribution in [0.3, 0.4) is 0 Å². The Hall–Kier alpha value is -4.61. The maximum absolute atomic E-state index is 14.2. The Bertz CT molecular complexity index is 1880. The van der Waals surface area contributed by atoms with Crippen molar-refractivity contribution in [3.8, 4) is 11.5 Å². The van der Waals surface area contributed by atoms with Gasteiger partial charge in [-0.3, -0.25) is 9.36 Å². The smallest absolute Gasteiger partial charge is 0.338 e. The number of hydrogen-bond acceptors (Lipinski definition) is 10. The summed E-state index contributed by atoms with van der Waals surface area (Å²) < 4.78 is 24.8. The van der Waals surface area contributed by atoms with Crippen LogP contribution in [0.1, 0.15) is 29.9 Å². The number of ether oxygens (including phenoxy) is 3. The predicted molar refractivity (Wildman–Crippen MR) is 169 cm³/mol. The molecule has 1 fully saturated rings. The summed E-state index contributed by atoms with van der Waals surface area (Å²) in [6, 6.07) is 17.8. The molecule has 228 valence electrons. The molecule has 0 unspecified atom stereocenters. The number of aromatic nitrogens is 1. The van der Waals surface area contributed by atoms with E-state index in [0.29, 0.717) is 37.9 Å². The second-order valence-corrected chi connectivity index (χ2v) is 11.5. The van der Waals surface area contributed by atoms with Crippen LogP contribution in [0.5, 0.6) is 11.5 Å². The van der Waals surface area contributed by atoms with Gasteiger partial charge in [0.05, 0.1) is 42.7 Å². The van der Waals surface area contributed by atoms with Gasteiger partial charge in [-0.25, -0.2) is 9.79 Å². The van der Waals surface area contributed by atoms with Crippen molar-refractivity contribution in [1.82, 2.24) is 9.47 Å². The van der Waals surface area contributed by atoms with E-state index >= 15 is 0 Å². The minimum absolute atomic E-state index is 0.168. The van der Waals surface area contributed by atoms with Crippen LogP contribution in [0.2, 0.25) is 0 Å². The number of fused-ring (bicyclic) bond motifs is 1. The van der Waals surface area contributed by atoms with E-state index in [1.165, 1.54) is 11.3 Å². The normalized spacial score (nSPS) is 17.3. The number of carbonyl (C=O) groups is 1. The van der Waals surface area contributed by atoms with Crippen molar-refractivity contribution in [1.29, 1.82) is 0 Å². The van der Waals surface area contributed by atoms with Crippen molar-refractivity contribution in [3.05, 3.63) is 103 Å². The van der Waals surface area contributed by atoms with E-state index in [9.17, 15) is 9.59 Å². The van der Waals surface area contributed by atoms with Crippen molar-refractivity contribution >= 4 is 35.0 Å². The zero-order valence-corrected chi connectivity index (χ0v) is 25.9. The molecule has 2 aromatic carbocycles.